The van der Waals surface area contributed by atoms with Gasteiger partial charge in [-0.05, 0) is 49.0 Å². The smallest absolute Gasteiger partial charge is 0.263 e. The van der Waals surface area contributed by atoms with Crippen molar-refractivity contribution in [2.24, 2.45) is 11.0 Å². The zero-order valence-electron chi connectivity index (χ0n) is 18.3. The fourth-order valence-corrected chi connectivity index (χ4v) is 5.70. The van der Waals surface area contributed by atoms with Gasteiger partial charge in [0.25, 0.3) is 5.91 Å². The lowest BCUT2D eigenvalue weighted by Gasteiger charge is -2.29. The molecule has 3 aromatic rings. The second-order valence-electron chi connectivity index (χ2n) is 8.25. The second-order valence-corrected chi connectivity index (χ2v) is 9.23. The molecule has 2 unspecified atom stereocenters. The van der Waals surface area contributed by atoms with Crippen LogP contribution in [-0.4, -0.2) is 23.7 Å². The molecule has 1 amide bonds. The van der Waals surface area contributed by atoms with Crippen LogP contribution < -0.4 is 10.3 Å². The number of benzene rings is 2. The van der Waals surface area contributed by atoms with Gasteiger partial charge in [0.05, 0.1) is 17.4 Å². The number of aromatic nitrogens is 1. The summed E-state index contributed by atoms with van der Waals surface area (Å²) in [5.41, 5.74) is 5.63. The minimum Gasteiger partial charge on any atom is -0.354 e. The average molecular weight is 443 g/mol. The number of thiazole rings is 1. The number of allylic oxidation sites excluding steroid dienone is 1. The number of amides is 1. The normalized spacial score (nSPS) is 21.4. The first-order valence-electron chi connectivity index (χ1n) is 11.0. The molecule has 0 saturated heterocycles. The molecular formula is C26H26N4OS. The van der Waals surface area contributed by atoms with Crippen molar-refractivity contribution in [2.75, 3.05) is 12.1 Å². The number of hydrazone groups is 1. The monoisotopic (exact) mass is 442 g/mol. The zero-order chi connectivity index (χ0) is 22.1. The second kappa shape index (κ2) is 8.71. The third-order valence-electron chi connectivity index (χ3n) is 6.20. The van der Waals surface area contributed by atoms with Crippen LogP contribution in [-0.2, 0) is 0 Å². The Bertz CT molecular complexity index is 1180. The van der Waals surface area contributed by atoms with E-state index in [9.17, 15) is 4.79 Å². The molecule has 6 heteroatoms. The van der Waals surface area contributed by atoms with E-state index in [-0.39, 0.29) is 11.9 Å². The van der Waals surface area contributed by atoms with E-state index in [1.807, 2.05) is 19.1 Å². The zero-order valence-corrected chi connectivity index (χ0v) is 19.1. The number of aryl methyl sites for hydroxylation is 1. The van der Waals surface area contributed by atoms with E-state index in [0.29, 0.717) is 10.8 Å². The highest BCUT2D eigenvalue weighted by Crippen LogP contribution is 2.47. The van der Waals surface area contributed by atoms with Gasteiger partial charge in [-0.2, -0.15) is 5.10 Å². The molecule has 32 heavy (non-hydrogen) atoms. The molecule has 2 aromatic carbocycles. The first-order chi connectivity index (χ1) is 15.7. The molecule has 1 aliphatic heterocycles. The minimum atomic E-state index is -0.101. The first kappa shape index (κ1) is 20.6. The Hall–Kier alpha value is -3.25. The Kier molecular flexibility index (Phi) is 5.62. The van der Waals surface area contributed by atoms with Crippen LogP contribution in [0.4, 0.5) is 5.13 Å². The van der Waals surface area contributed by atoms with Crippen LogP contribution in [0.25, 0.3) is 6.08 Å². The Morgan fingerprint density at radius 3 is 2.56 bits per heavy atom. The van der Waals surface area contributed by atoms with Crippen LogP contribution in [0.3, 0.4) is 0 Å². The van der Waals surface area contributed by atoms with Crippen molar-refractivity contribution in [3.05, 3.63) is 87.9 Å². The maximum Gasteiger partial charge on any atom is 0.263 e. The number of carbonyl (C=O) groups excluding carboxylic acids is 1. The van der Waals surface area contributed by atoms with Gasteiger partial charge in [0.1, 0.15) is 4.88 Å². The summed E-state index contributed by atoms with van der Waals surface area (Å²) >= 11 is 1.41. The van der Waals surface area contributed by atoms with Crippen LogP contribution in [0.1, 0.15) is 51.8 Å². The number of fused-ring (bicyclic) bond motifs is 1. The standard InChI is InChI=1S/C26H26N4OS/c1-17-24(25(31)27-2)32-26(28-17)30-23(19-12-7-4-8-13-19)21-15-9-14-20(22(21)29-30)16-18-10-5-3-6-11-18/h3-8,10-13,16,21,23H,9,14-15H2,1-2H3,(H,27,31)/b20-16+. The lowest BCUT2D eigenvalue weighted by Crippen LogP contribution is -2.28. The number of anilines is 1. The lowest BCUT2D eigenvalue weighted by atomic mass is 9.77. The van der Waals surface area contributed by atoms with Crippen LogP contribution in [0.2, 0.25) is 0 Å². The van der Waals surface area contributed by atoms with Crippen molar-refractivity contribution in [1.82, 2.24) is 10.3 Å². The van der Waals surface area contributed by atoms with E-state index in [1.165, 1.54) is 28.0 Å². The number of nitrogens with one attached hydrogen (secondary N) is 1. The van der Waals surface area contributed by atoms with Crippen molar-refractivity contribution >= 4 is 34.2 Å². The Labute approximate surface area is 192 Å². The molecule has 2 heterocycles. The summed E-state index contributed by atoms with van der Waals surface area (Å²) < 4.78 is 0. The molecule has 0 spiro atoms. The minimum absolute atomic E-state index is 0.0776. The van der Waals surface area contributed by atoms with Gasteiger partial charge in [-0.25, -0.2) is 9.99 Å². The summed E-state index contributed by atoms with van der Waals surface area (Å²) in [7, 11) is 1.65. The van der Waals surface area contributed by atoms with Gasteiger partial charge >= 0.3 is 0 Å². The summed E-state index contributed by atoms with van der Waals surface area (Å²) in [6.07, 6.45) is 5.53. The van der Waals surface area contributed by atoms with Crippen LogP contribution in [0.5, 0.6) is 0 Å². The van der Waals surface area contributed by atoms with Gasteiger partial charge in [0.2, 0.25) is 5.13 Å². The molecular weight excluding hydrogens is 416 g/mol. The van der Waals surface area contributed by atoms with Crippen molar-refractivity contribution in [1.29, 1.82) is 0 Å². The summed E-state index contributed by atoms with van der Waals surface area (Å²) in [4.78, 5) is 17.7. The molecule has 0 radical (unpaired) electrons. The molecule has 1 aliphatic carbocycles. The number of hydrogen-bond donors (Lipinski definition) is 1. The quantitative estimate of drug-likeness (QED) is 0.571. The third kappa shape index (κ3) is 3.75. The fraction of sp³-hybridized carbons (Fsp3) is 0.269. The van der Waals surface area contributed by atoms with E-state index in [4.69, 9.17) is 10.1 Å². The van der Waals surface area contributed by atoms with Gasteiger partial charge in [-0.3, -0.25) is 4.79 Å². The summed E-state index contributed by atoms with van der Waals surface area (Å²) in [6.45, 7) is 1.89. The Morgan fingerprint density at radius 1 is 1.12 bits per heavy atom. The Morgan fingerprint density at radius 2 is 1.84 bits per heavy atom. The van der Waals surface area contributed by atoms with Crippen LogP contribution >= 0.6 is 11.3 Å². The topological polar surface area (TPSA) is 57.6 Å². The molecule has 0 bridgehead atoms. The lowest BCUT2D eigenvalue weighted by molar-refractivity contribution is 0.0966. The van der Waals surface area contributed by atoms with Gasteiger partial charge in [0.15, 0.2) is 0 Å². The van der Waals surface area contributed by atoms with Crippen molar-refractivity contribution in [3.63, 3.8) is 0 Å². The highest BCUT2D eigenvalue weighted by atomic mass is 32.1. The van der Waals surface area contributed by atoms with Crippen molar-refractivity contribution in [3.8, 4) is 0 Å². The third-order valence-corrected chi connectivity index (χ3v) is 7.34. The predicted octanol–water partition coefficient (Wildman–Crippen LogP) is 5.61. The maximum absolute atomic E-state index is 12.3. The van der Waals surface area contributed by atoms with Crippen molar-refractivity contribution in [2.45, 2.75) is 32.2 Å². The first-order valence-corrected chi connectivity index (χ1v) is 11.9. The van der Waals surface area contributed by atoms with Gasteiger partial charge < -0.3 is 5.32 Å². The number of carbonyl (C=O) groups is 1. The number of hydrogen-bond acceptors (Lipinski definition) is 5. The highest BCUT2D eigenvalue weighted by molar-refractivity contribution is 7.17. The van der Waals surface area contributed by atoms with Gasteiger partial charge in [-0.1, -0.05) is 72.0 Å². The van der Waals surface area contributed by atoms with Crippen molar-refractivity contribution < 1.29 is 4.79 Å². The van der Waals surface area contributed by atoms with Crippen LogP contribution in [0.15, 0.2) is 71.3 Å². The molecule has 162 valence electrons. The fourth-order valence-electron chi connectivity index (χ4n) is 4.70. The molecule has 2 aliphatic rings. The average Bonchev–Trinajstić information content (AvgIpc) is 3.41. The number of nitrogens with zero attached hydrogens (tertiary/aromatic N) is 3. The van der Waals surface area contributed by atoms with Gasteiger partial charge in [0, 0.05) is 13.0 Å². The highest BCUT2D eigenvalue weighted by Gasteiger charge is 2.43. The van der Waals surface area contributed by atoms with Gasteiger partial charge in [-0.15, -0.1) is 0 Å². The molecule has 1 aromatic heterocycles. The molecule has 5 nitrogen and oxygen atoms in total. The summed E-state index contributed by atoms with van der Waals surface area (Å²) in [6, 6.07) is 21.1. The largest absolute Gasteiger partial charge is 0.354 e. The summed E-state index contributed by atoms with van der Waals surface area (Å²) in [5, 5.41) is 10.7. The van der Waals surface area contributed by atoms with E-state index in [2.05, 4.69) is 64.9 Å². The molecule has 2 atom stereocenters. The molecule has 1 saturated carbocycles. The van der Waals surface area contributed by atoms with E-state index >= 15 is 0 Å². The summed E-state index contributed by atoms with van der Waals surface area (Å²) in [5.74, 6) is 0.199. The number of rotatable bonds is 4. The maximum atomic E-state index is 12.3. The molecule has 1 fully saturated rings. The van der Waals surface area contributed by atoms with E-state index in [0.717, 1.165) is 35.8 Å². The van der Waals surface area contributed by atoms with E-state index < -0.39 is 0 Å². The molecule has 1 N–H and O–H groups in total. The predicted molar refractivity (Wildman–Crippen MR) is 131 cm³/mol. The molecule has 5 rings (SSSR count). The van der Waals surface area contributed by atoms with E-state index in [1.54, 1.807) is 7.05 Å². The van der Waals surface area contributed by atoms with Crippen LogP contribution in [0, 0.1) is 12.8 Å². The Balaban J connectivity index is 1.60. The SMILES string of the molecule is CNC(=O)c1sc(N2N=C3/C(=C/c4ccccc4)CCCC3C2c2ccccc2)nc1C.